The van der Waals surface area contributed by atoms with Gasteiger partial charge in [0.1, 0.15) is 17.4 Å². The zero-order chi connectivity index (χ0) is 25.4. The number of urea groups is 1. The van der Waals surface area contributed by atoms with E-state index in [1.807, 2.05) is 24.3 Å². The fourth-order valence-electron chi connectivity index (χ4n) is 3.99. The maximum absolute atomic E-state index is 13.0. The van der Waals surface area contributed by atoms with Crippen LogP contribution in [0.15, 0.2) is 30.3 Å². The molecule has 0 spiro atoms. The van der Waals surface area contributed by atoms with Crippen LogP contribution in [-0.2, 0) is 0 Å². The number of rotatable bonds is 10. The van der Waals surface area contributed by atoms with Crippen molar-refractivity contribution < 1.29 is 24.2 Å². The first kappa shape index (κ1) is 26.3. The molecule has 1 saturated heterocycles. The first-order chi connectivity index (χ1) is 16.8. The Bertz CT molecular complexity index is 1020. The number of primary amides is 1. The van der Waals surface area contributed by atoms with Gasteiger partial charge in [0.25, 0.3) is 5.91 Å². The van der Waals surface area contributed by atoms with Gasteiger partial charge in [0.15, 0.2) is 0 Å². The van der Waals surface area contributed by atoms with Crippen LogP contribution in [0, 0.1) is 0 Å². The molecule has 2 heterocycles. The third kappa shape index (κ3) is 7.33. The molecule has 1 aromatic carbocycles. The summed E-state index contributed by atoms with van der Waals surface area (Å²) >= 11 is 1.25. The summed E-state index contributed by atoms with van der Waals surface area (Å²) < 4.78 is 5.84. The molecule has 0 saturated carbocycles. The molecule has 11 heteroatoms. The van der Waals surface area contributed by atoms with Gasteiger partial charge in [-0.05, 0) is 61.8 Å². The summed E-state index contributed by atoms with van der Waals surface area (Å²) in [5.41, 5.74) is 6.47. The van der Waals surface area contributed by atoms with Gasteiger partial charge in [-0.15, -0.1) is 11.3 Å². The molecule has 3 rings (SSSR count). The minimum atomic E-state index is -1.00. The number of benzene rings is 1. The molecular formula is C24H33N5O5S. The largest absolute Gasteiger partial charge is 0.492 e. The summed E-state index contributed by atoms with van der Waals surface area (Å²) in [5, 5.41) is 15.0. The zero-order valence-electron chi connectivity index (χ0n) is 20.1. The maximum Gasteiger partial charge on any atom is 0.407 e. The number of likely N-dealkylation sites (N-methyl/N-ethyl adjacent to an activating group) is 1. The fourth-order valence-corrected chi connectivity index (χ4v) is 5.05. The fraction of sp³-hybridized carbons (Fsp3) is 0.458. The molecule has 1 aliphatic rings. The lowest BCUT2D eigenvalue weighted by Crippen LogP contribution is -2.49. The smallest absolute Gasteiger partial charge is 0.407 e. The Morgan fingerprint density at radius 1 is 1.23 bits per heavy atom. The number of hydrogen-bond donors (Lipinski definition) is 4. The molecule has 2 aromatic rings. The Morgan fingerprint density at radius 2 is 1.94 bits per heavy atom. The number of ether oxygens (including phenoxy) is 1. The number of carbonyl (C=O) groups is 3. The molecule has 0 radical (unpaired) electrons. The van der Waals surface area contributed by atoms with Crippen molar-refractivity contribution in [1.29, 1.82) is 0 Å². The first-order valence-corrected chi connectivity index (χ1v) is 12.6. The summed E-state index contributed by atoms with van der Waals surface area (Å²) in [6.07, 6.45) is 0.348. The number of piperidine rings is 1. The lowest BCUT2D eigenvalue weighted by Gasteiger charge is -2.31. The Hall–Kier alpha value is -3.31. The summed E-state index contributed by atoms with van der Waals surface area (Å²) in [6, 6.07) is 8.20. The van der Waals surface area contributed by atoms with E-state index in [0.29, 0.717) is 31.0 Å². The maximum atomic E-state index is 13.0. The number of hydrogen-bond acceptors (Lipinski definition) is 6. The molecule has 0 aliphatic carbocycles. The summed E-state index contributed by atoms with van der Waals surface area (Å²) in [6.45, 7) is 8.33. The topological polar surface area (TPSA) is 137 Å². The van der Waals surface area contributed by atoms with Crippen molar-refractivity contribution in [2.45, 2.75) is 32.7 Å². The predicted octanol–water partition coefficient (Wildman–Crippen LogP) is 3.50. The number of thiophene rings is 1. The highest BCUT2D eigenvalue weighted by atomic mass is 32.1. The SMILES string of the molecule is CCN(CC)CCOc1ccc(-c2cc(C(=O)N[C@@H]3CCCN(C(=O)O)C3)c(NC(N)=O)s2)cc1. The zero-order valence-corrected chi connectivity index (χ0v) is 20.9. The number of amides is 4. The predicted molar refractivity (Wildman–Crippen MR) is 136 cm³/mol. The van der Waals surface area contributed by atoms with E-state index in [9.17, 15) is 19.5 Å². The van der Waals surface area contributed by atoms with Crippen LogP contribution in [-0.4, -0.2) is 78.3 Å². The normalized spacial score (nSPS) is 15.6. The third-order valence-electron chi connectivity index (χ3n) is 5.95. The molecule has 1 atom stereocenters. The molecule has 1 fully saturated rings. The average molecular weight is 504 g/mol. The lowest BCUT2D eigenvalue weighted by atomic mass is 10.1. The lowest BCUT2D eigenvalue weighted by molar-refractivity contribution is 0.0889. The highest BCUT2D eigenvalue weighted by Crippen LogP contribution is 2.36. The number of nitrogens with one attached hydrogen (secondary N) is 2. The van der Waals surface area contributed by atoms with Crippen molar-refractivity contribution >= 4 is 34.4 Å². The van der Waals surface area contributed by atoms with Crippen LogP contribution in [0.5, 0.6) is 5.75 Å². The van der Waals surface area contributed by atoms with Gasteiger partial charge in [0.2, 0.25) is 0 Å². The molecular weight excluding hydrogens is 470 g/mol. The molecule has 35 heavy (non-hydrogen) atoms. The summed E-state index contributed by atoms with van der Waals surface area (Å²) in [5.74, 6) is 0.371. The Kier molecular flexibility index (Phi) is 9.32. The van der Waals surface area contributed by atoms with Crippen LogP contribution in [0.1, 0.15) is 37.0 Å². The molecule has 190 valence electrons. The molecule has 4 amide bonds. The van der Waals surface area contributed by atoms with Crippen molar-refractivity contribution in [2.24, 2.45) is 5.73 Å². The van der Waals surface area contributed by atoms with E-state index in [4.69, 9.17) is 10.5 Å². The number of nitrogens with two attached hydrogens (primary N) is 1. The molecule has 0 unspecified atom stereocenters. The van der Waals surface area contributed by atoms with E-state index in [1.165, 1.54) is 16.2 Å². The van der Waals surface area contributed by atoms with E-state index in [0.717, 1.165) is 35.8 Å². The molecule has 1 aliphatic heterocycles. The van der Waals surface area contributed by atoms with E-state index < -0.39 is 12.1 Å². The highest BCUT2D eigenvalue weighted by molar-refractivity contribution is 7.20. The van der Waals surface area contributed by atoms with Gasteiger partial charge in [0.05, 0.1) is 5.56 Å². The second-order valence-electron chi connectivity index (χ2n) is 8.28. The van der Waals surface area contributed by atoms with Crippen molar-refractivity contribution in [2.75, 3.05) is 44.6 Å². The van der Waals surface area contributed by atoms with Crippen LogP contribution in [0.3, 0.4) is 0 Å². The van der Waals surface area contributed by atoms with Crippen molar-refractivity contribution in [3.05, 3.63) is 35.9 Å². The number of nitrogens with zero attached hydrogens (tertiary/aromatic N) is 2. The van der Waals surface area contributed by atoms with Crippen LogP contribution in [0.2, 0.25) is 0 Å². The Labute approximate surface area is 209 Å². The van der Waals surface area contributed by atoms with Gasteiger partial charge >= 0.3 is 12.1 Å². The number of carbonyl (C=O) groups excluding carboxylic acids is 2. The summed E-state index contributed by atoms with van der Waals surface area (Å²) in [4.78, 5) is 40.2. The first-order valence-electron chi connectivity index (χ1n) is 11.7. The minimum absolute atomic E-state index is 0.229. The van der Waals surface area contributed by atoms with E-state index >= 15 is 0 Å². The van der Waals surface area contributed by atoms with Gasteiger partial charge in [-0.25, -0.2) is 9.59 Å². The van der Waals surface area contributed by atoms with Crippen LogP contribution in [0.4, 0.5) is 14.6 Å². The third-order valence-corrected chi connectivity index (χ3v) is 7.05. The molecule has 0 bridgehead atoms. The van der Waals surface area contributed by atoms with Crippen LogP contribution < -0.4 is 21.1 Å². The number of carboxylic acid groups (broad SMARTS) is 1. The quantitative estimate of drug-likeness (QED) is 0.392. The van der Waals surface area contributed by atoms with Crippen molar-refractivity contribution in [1.82, 2.24) is 15.1 Å². The Morgan fingerprint density at radius 3 is 2.57 bits per heavy atom. The standard InChI is InChI=1S/C24H33N5O5S/c1-3-28(4-2)12-13-34-18-9-7-16(8-10-18)20-14-19(22(35-20)27-23(25)31)21(30)26-17-6-5-11-29(15-17)24(32)33/h7-10,14,17H,3-6,11-13,15H2,1-2H3,(H,26,30)(H,32,33)(H3,25,27,31)/t17-/m1/s1. The number of likely N-dealkylation sites (tertiary alicyclic amines) is 1. The average Bonchev–Trinajstić information content (AvgIpc) is 3.25. The monoisotopic (exact) mass is 503 g/mol. The van der Waals surface area contributed by atoms with E-state index in [1.54, 1.807) is 6.07 Å². The minimum Gasteiger partial charge on any atom is -0.492 e. The van der Waals surface area contributed by atoms with Gasteiger partial charge in [-0.3, -0.25) is 10.1 Å². The van der Waals surface area contributed by atoms with Crippen LogP contribution >= 0.6 is 11.3 Å². The van der Waals surface area contributed by atoms with Crippen molar-refractivity contribution in [3.8, 4) is 16.2 Å². The van der Waals surface area contributed by atoms with E-state index in [2.05, 4.69) is 29.4 Å². The van der Waals surface area contributed by atoms with Crippen LogP contribution in [0.25, 0.3) is 10.4 Å². The van der Waals surface area contributed by atoms with Gasteiger partial charge < -0.3 is 30.7 Å². The van der Waals surface area contributed by atoms with E-state index in [-0.39, 0.29) is 24.1 Å². The second-order valence-corrected chi connectivity index (χ2v) is 9.34. The molecule has 5 N–H and O–H groups in total. The highest BCUT2D eigenvalue weighted by Gasteiger charge is 2.26. The Balaban J connectivity index is 1.70. The van der Waals surface area contributed by atoms with Gasteiger partial charge in [0, 0.05) is 30.6 Å². The van der Waals surface area contributed by atoms with Gasteiger partial charge in [-0.1, -0.05) is 13.8 Å². The van der Waals surface area contributed by atoms with Gasteiger partial charge in [-0.2, -0.15) is 0 Å². The molecule has 1 aromatic heterocycles. The summed E-state index contributed by atoms with van der Waals surface area (Å²) in [7, 11) is 0. The second kappa shape index (κ2) is 12.4. The van der Waals surface area contributed by atoms with Crippen molar-refractivity contribution in [3.63, 3.8) is 0 Å². The number of anilines is 1. The molecule has 10 nitrogen and oxygen atoms in total.